The van der Waals surface area contributed by atoms with Gasteiger partial charge in [-0.15, -0.1) is 21.5 Å². The fourth-order valence-corrected chi connectivity index (χ4v) is 4.12. The number of rotatable bonds is 5. The second kappa shape index (κ2) is 8.52. The van der Waals surface area contributed by atoms with Gasteiger partial charge in [0.2, 0.25) is 5.91 Å². The second-order valence-electron chi connectivity index (χ2n) is 7.33. The third-order valence-corrected chi connectivity index (χ3v) is 5.99. The average molecular weight is 393 g/mol. The van der Waals surface area contributed by atoms with E-state index >= 15 is 0 Å². The van der Waals surface area contributed by atoms with Gasteiger partial charge in [0.25, 0.3) is 0 Å². The molecule has 0 spiro atoms. The molecule has 1 N–H and O–H groups in total. The highest BCUT2D eigenvalue weighted by Gasteiger charge is 2.17. The van der Waals surface area contributed by atoms with Crippen molar-refractivity contribution < 1.29 is 4.79 Å². The molecule has 1 aliphatic rings. The van der Waals surface area contributed by atoms with Gasteiger partial charge < -0.3 is 10.2 Å². The van der Waals surface area contributed by atoms with Crippen LogP contribution >= 0.6 is 11.3 Å². The monoisotopic (exact) mass is 392 g/mol. The summed E-state index contributed by atoms with van der Waals surface area (Å²) in [7, 11) is 0. The van der Waals surface area contributed by atoms with E-state index in [-0.39, 0.29) is 5.91 Å². The van der Waals surface area contributed by atoms with E-state index in [4.69, 9.17) is 0 Å². The number of carbonyl (C=O) groups is 1. The van der Waals surface area contributed by atoms with Crippen molar-refractivity contribution in [3.05, 3.63) is 58.8 Å². The summed E-state index contributed by atoms with van der Waals surface area (Å²) >= 11 is 1.59. The van der Waals surface area contributed by atoms with Crippen molar-refractivity contribution in [2.75, 3.05) is 23.3 Å². The van der Waals surface area contributed by atoms with Crippen molar-refractivity contribution >= 4 is 28.7 Å². The third kappa shape index (κ3) is 4.57. The quantitative estimate of drug-likeness (QED) is 0.688. The summed E-state index contributed by atoms with van der Waals surface area (Å²) in [5.41, 5.74) is 2.53. The van der Waals surface area contributed by atoms with Crippen LogP contribution in [0.15, 0.2) is 53.9 Å². The minimum absolute atomic E-state index is 0.0136. The van der Waals surface area contributed by atoms with Crippen LogP contribution in [0.2, 0.25) is 0 Å². The first-order valence-corrected chi connectivity index (χ1v) is 10.6. The predicted octanol–water partition coefficient (Wildman–Crippen LogP) is 4.62. The van der Waals surface area contributed by atoms with E-state index in [9.17, 15) is 4.79 Å². The van der Waals surface area contributed by atoms with Gasteiger partial charge in [0, 0.05) is 29.2 Å². The Labute approximate surface area is 169 Å². The van der Waals surface area contributed by atoms with Crippen LogP contribution in [-0.4, -0.2) is 29.2 Å². The molecule has 1 saturated heterocycles. The molecule has 1 aliphatic heterocycles. The maximum atomic E-state index is 12.2. The maximum absolute atomic E-state index is 12.2. The molecule has 6 heteroatoms. The molecular weight excluding hydrogens is 368 g/mol. The summed E-state index contributed by atoms with van der Waals surface area (Å²) in [6, 6.07) is 15.7. The predicted molar refractivity (Wildman–Crippen MR) is 115 cm³/mol. The average Bonchev–Trinajstić information content (AvgIpc) is 3.22. The number of hydrogen-bond donors (Lipinski definition) is 1. The molecule has 144 valence electrons. The number of benzene rings is 1. The van der Waals surface area contributed by atoms with E-state index in [1.807, 2.05) is 53.9 Å². The van der Waals surface area contributed by atoms with Gasteiger partial charge in [-0.05, 0) is 54.5 Å². The molecule has 1 fully saturated rings. The van der Waals surface area contributed by atoms with Crippen LogP contribution in [0.4, 0.5) is 11.5 Å². The molecule has 1 aromatic carbocycles. The van der Waals surface area contributed by atoms with E-state index < -0.39 is 0 Å². The lowest BCUT2D eigenvalue weighted by molar-refractivity contribution is -0.115. The lowest BCUT2D eigenvalue weighted by Gasteiger charge is -2.30. The van der Waals surface area contributed by atoms with Gasteiger partial charge in [-0.3, -0.25) is 4.79 Å². The molecule has 0 unspecified atom stereocenters. The van der Waals surface area contributed by atoms with E-state index in [0.29, 0.717) is 6.42 Å². The fourth-order valence-electron chi connectivity index (χ4n) is 3.42. The normalized spacial score (nSPS) is 14.8. The van der Waals surface area contributed by atoms with Gasteiger partial charge in [-0.25, -0.2) is 0 Å². The lowest BCUT2D eigenvalue weighted by Crippen LogP contribution is -2.33. The number of carbonyl (C=O) groups excluding carboxylic acids is 1. The van der Waals surface area contributed by atoms with E-state index in [0.717, 1.165) is 46.6 Å². The Morgan fingerprint density at radius 1 is 1.14 bits per heavy atom. The third-order valence-electron chi connectivity index (χ3n) is 5.12. The van der Waals surface area contributed by atoms with Crippen molar-refractivity contribution in [1.82, 2.24) is 10.2 Å². The molecular formula is C22H24N4OS. The van der Waals surface area contributed by atoms with Crippen molar-refractivity contribution in [3.8, 4) is 11.3 Å². The molecule has 5 nitrogen and oxygen atoms in total. The van der Waals surface area contributed by atoms with E-state index in [1.165, 1.54) is 12.8 Å². The molecule has 0 bridgehead atoms. The number of anilines is 2. The summed E-state index contributed by atoms with van der Waals surface area (Å²) in [4.78, 5) is 15.6. The Balaban J connectivity index is 1.43. The molecule has 1 amide bonds. The number of amides is 1. The Morgan fingerprint density at radius 2 is 2.00 bits per heavy atom. The fraction of sp³-hybridized carbons (Fsp3) is 0.318. The number of nitrogens with zero attached hydrogens (tertiary/aromatic N) is 3. The summed E-state index contributed by atoms with van der Waals surface area (Å²) < 4.78 is 0. The van der Waals surface area contributed by atoms with Crippen LogP contribution in [0.3, 0.4) is 0 Å². The van der Waals surface area contributed by atoms with Gasteiger partial charge in [0.1, 0.15) is 0 Å². The van der Waals surface area contributed by atoms with Gasteiger partial charge in [-0.1, -0.05) is 25.1 Å². The Kier molecular flexibility index (Phi) is 5.67. The SMILES string of the molecule is CC1CCN(c2ccc(-c3cccc(NC(=O)Cc4cccs4)c3)nn2)CC1. The van der Waals surface area contributed by atoms with Gasteiger partial charge in [-0.2, -0.15) is 0 Å². The molecule has 3 heterocycles. The summed E-state index contributed by atoms with van der Waals surface area (Å²) in [5, 5.41) is 13.8. The van der Waals surface area contributed by atoms with Crippen LogP contribution in [0, 0.1) is 5.92 Å². The molecule has 2 aromatic heterocycles. The topological polar surface area (TPSA) is 58.1 Å². The standard InChI is InChI=1S/C22H24N4OS/c1-16-9-11-26(12-10-16)21-8-7-20(24-25-21)17-4-2-5-18(14-17)23-22(27)15-19-6-3-13-28-19/h2-8,13-14,16H,9-12,15H2,1H3,(H,23,27). The van der Waals surface area contributed by atoms with Crippen LogP contribution < -0.4 is 10.2 Å². The van der Waals surface area contributed by atoms with Gasteiger partial charge in [0.05, 0.1) is 12.1 Å². The molecule has 4 rings (SSSR count). The highest BCUT2D eigenvalue weighted by molar-refractivity contribution is 7.10. The molecule has 0 saturated carbocycles. The van der Waals surface area contributed by atoms with Crippen LogP contribution in [0.5, 0.6) is 0 Å². The van der Waals surface area contributed by atoms with Crippen LogP contribution in [0.1, 0.15) is 24.6 Å². The molecule has 0 aliphatic carbocycles. The minimum Gasteiger partial charge on any atom is -0.355 e. The van der Waals surface area contributed by atoms with Crippen molar-refractivity contribution in [1.29, 1.82) is 0 Å². The smallest absolute Gasteiger partial charge is 0.229 e. The molecule has 3 aromatic rings. The number of hydrogen-bond acceptors (Lipinski definition) is 5. The zero-order chi connectivity index (χ0) is 19.3. The van der Waals surface area contributed by atoms with Crippen LogP contribution in [-0.2, 0) is 11.2 Å². The lowest BCUT2D eigenvalue weighted by atomic mass is 9.99. The zero-order valence-electron chi connectivity index (χ0n) is 16.0. The Hall–Kier alpha value is -2.73. The van der Waals surface area contributed by atoms with Crippen molar-refractivity contribution in [2.45, 2.75) is 26.2 Å². The number of nitrogens with one attached hydrogen (secondary N) is 1. The zero-order valence-corrected chi connectivity index (χ0v) is 16.8. The first-order valence-electron chi connectivity index (χ1n) is 9.69. The highest BCUT2D eigenvalue weighted by atomic mass is 32.1. The number of thiophene rings is 1. The first-order chi connectivity index (χ1) is 13.7. The number of piperidine rings is 1. The Morgan fingerprint density at radius 3 is 2.71 bits per heavy atom. The molecule has 0 atom stereocenters. The van der Waals surface area contributed by atoms with Crippen LogP contribution in [0.25, 0.3) is 11.3 Å². The molecule has 28 heavy (non-hydrogen) atoms. The van der Waals surface area contributed by atoms with E-state index in [1.54, 1.807) is 11.3 Å². The summed E-state index contributed by atoms with van der Waals surface area (Å²) in [6.45, 7) is 4.39. The maximum Gasteiger partial charge on any atom is 0.229 e. The second-order valence-corrected chi connectivity index (χ2v) is 8.36. The minimum atomic E-state index is -0.0136. The summed E-state index contributed by atoms with van der Waals surface area (Å²) in [6.07, 6.45) is 2.80. The first kappa shape index (κ1) is 18.6. The van der Waals surface area contributed by atoms with Crippen molar-refractivity contribution in [2.24, 2.45) is 5.92 Å². The summed E-state index contributed by atoms with van der Waals surface area (Å²) in [5.74, 6) is 1.72. The Bertz CT molecular complexity index is 916. The van der Waals surface area contributed by atoms with E-state index in [2.05, 4.69) is 27.3 Å². The highest BCUT2D eigenvalue weighted by Crippen LogP contribution is 2.24. The number of aromatic nitrogens is 2. The molecule has 0 radical (unpaired) electrons. The largest absolute Gasteiger partial charge is 0.355 e. The van der Waals surface area contributed by atoms with Gasteiger partial charge in [0.15, 0.2) is 5.82 Å². The van der Waals surface area contributed by atoms with Crippen molar-refractivity contribution in [3.63, 3.8) is 0 Å². The van der Waals surface area contributed by atoms with Gasteiger partial charge >= 0.3 is 0 Å².